The van der Waals surface area contributed by atoms with Crippen molar-refractivity contribution < 1.29 is 19.8 Å². The van der Waals surface area contributed by atoms with E-state index in [-0.39, 0.29) is 6.61 Å². The summed E-state index contributed by atoms with van der Waals surface area (Å²) in [6.07, 6.45) is 1.69. The van der Waals surface area contributed by atoms with E-state index in [1.54, 1.807) is 24.3 Å². The predicted molar refractivity (Wildman–Crippen MR) is 57.8 cm³/mol. The average Bonchev–Trinajstić information content (AvgIpc) is 2.27. The number of anilines is 1. The predicted octanol–water partition coefficient (Wildman–Crippen LogP) is 0.758. The number of nitrogens with one attached hydrogen (secondary N) is 1. The molecule has 0 aromatic heterocycles. The van der Waals surface area contributed by atoms with Gasteiger partial charge in [-0.05, 0) is 17.7 Å². The number of aliphatic hydroxyl groups is 1. The molecule has 16 heavy (non-hydrogen) atoms. The van der Waals surface area contributed by atoms with E-state index in [0.29, 0.717) is 5.69 Å². The molecule has 0 bridgehead atoms. The van der Waals surface area contributed by atoms with Crippen molar-refractivity contribution >= 4 is 17.6 Å². The molecule has 0 aliphatic heterocycles. The highest BCUT2D eigenvalue weighted by atomic mass is 16.4. The first-order valence-corrected chi connectivity index (χ1v) is 4.53. The van der Waals surface area contributed by atoms with Crippen LogP contribution >= 0.6 is 0 Å². The average molecular weight is 221 g/mol. The van der Waals surface area contributed by atoms with Gasteiger partial charge in [-0.1, -0.05) is 12.1 Å². The maximum Gasteiger partial charge on any atom is 0.328 e. The van der Waals surface area contributed by atoms with Gasteiger partial charge in [0.25, 0.3) is 0 Å². The topological polar surface area (TPSA) is 86.6 Å². The minimum atomic E-state index is -1.18. The van der Waals surface area contributed by atoms with Crippen molar-refractivity contribution in [3.63, 3.8) is 0 Å². The van der Waals surface area contributed by atoms with Gasteiger partial charge in [0.05, 0.1) is 6.61 Å². The largest absolute Gasteiger partial charge is 0.478 e. The normalized spacial score (nSPS) is 10.3. The van der Waals surface area contributed by atoms with Crippen LogP contribution in [0.4, 0.5) is 5.69 Å². The molecule has 0 saturated carbocycles. The number of hydrogen-bond donors (Lipinski definition) is 3. The van der Waals surface area contributed by atoms with Crippen LogP contribution in [0.5, 0.6) is 0 Å². The maximum atomic E-state index is 11.2. The van der Waals surface area contributed by atoms with E-state index in [0.717, 1.165) is 17.7 Å². The Morgan fingerprint density at radius 3 is 2.31 bits per heavy atom. The summed E-state index contributed by atoms with van der Waals surface area (Å²) in [5, 5.41) is 19.6. The highest BCUT2D eigenvalue weighted by molar-refractivity contribution is 6.02. The maximum absolute atomic E-state index is 11.2. The Hall–Kier alpha value is -2.14. The summed E-state index contributed by atoms with van der Waals surface area (Å²) in [7, 11) is 0. The standard InChI is InChI=1S/C11H11NO4/c13-7-8-1-3-9(4-2-8)12-10(14)5-6-11(15)16/h1-6,13H,7H2,(H,12,14)(H,15,16). The molecule has 1 amide bonds. The Balaban J connectivity index is 2.59. The third-order valence-corrected chi connectivity index (χ3v) is 1.78. The molecule has 0 fully saturated rings. The number of hydrogen-bond acceptors (Lipinski definition) is 3. The van der Waals surface area contributed by atoms with Crippen LogP contribution in [0.1, 0.15) is 5.56 Å². The lowest BCUT2D eigenvalue weighted by Gasteiger charge is -2.02. The van der Waals surface area contributed by atoms with Crippen molar-refractivity contribution in [1.29, 1.82) is 0 Å². The van der Waals surface area contributed by atoms with Crippen LogP contribution in [-0.4, -0.2) is 22.1 Å². The van der Waals surface area contributed by atoms with Crippen molar-refractivity contribution in [2.45, 2.75) is 6.61 Å². The van der Waals surface area contributed by atoms with E-state index in [1.807, 2.05) is 0 Å². The van der Waals surface area contributed by atoms with E-state index < -0.39 is 11.9 Å². The zero-order valence-electron chi connectivity index (χ0n) is 8.38. The molecule has 3 N–H and O–H groups in total. The van der Waals surface area contributed by atoms with Gasteiger partial charge in [-0.15, -0.1) is 0 Å². The zero-order valence-corrected chi connectivity index (χ0v) is 8.38. The molecule has 84 valence electrons. The van der Waals surface area contributed by atoms with Gasteiger partial charge in [-0.25, -0.2) is 4.79 Å². The van der Waals surface area contributed by atoms with Gasteiger partial charge in [0, 0.05) is 17.8 Å². The molecular weight excluding hydrogens is 210 g/mol. The van der Waals surface area contributed by atoms with Crippen molar-refractivity contribution in [2.24, 2.45) is 0 Å². The Labute approximate surface area is 92.0 Å². The first-order valence-electron chi connectivity index (χ1n) is 4.53. The molecule has 5 heteroatoms. The molecule has 0 aliphatic carbocycles. The summed E-state index contributed by atoms with van der Waals surface area (Å²) in [4.78, 5) is 21.3. The second-order valence-electron chi connectivity index (χ2n) is 3.02. The molecule has 1 aromatic rings. The van der Waals surface area contributed by atoms with Crippen molar-refractivity contribution in [3.05, 3.63) is 42.0 Å². The molecule has 5 nitrogen and oxygen atoms in total. The minimum Gasteiger partial charge on any atom is -0.478 e. The number of aliphatic hydroxyl groups excluding tert-OH is 1. The van der Waals surface area contributed by atoms with Crippen molar-refractivity contribution in [3.8, 4) is 0 Å². The number of benzene rings is 1. The Morgan fingerprint density at radius 1 is 1.19 bits per heavy atom. The van der Waals surface area contributed by atoms with E-state index in [4.69, 9.17) is 10.2 Å². The summed E-state index contributed by atoms with van der Waals surface area (Å²) in [5.41, 5.74) is 1.27. The molecule has 0 unspecified atom stereocenters. The van der Waals surface area contributed by atoms with Crippen molar-refractivity contribution in [1.82, 2.24) is 0 Å². The number of carboxylic acid groups (broad SMARTS) is 1. The second-order valence-corrected chi connectivity index (χ2v) is 3.02. The quantitative estimate of drug-likeness (QED) is 0.655. The van der Waals surface area contributed by atoms with Crippen LogP contribution < -0.4 is 5.32 Å². The zero-order chi connectivity index (χ0) is 12.0. The first kappa shape index (κ1) is 11.9. The molecule has 0 radical (unpaired) electrons. The minimum absolute atomic E-state index is 0.0624. The molecule has 0 atom stereocenters. The van der Waals surface area contributed by atoms with E-state index in [1.165, 1.54) is 0 Å². The van der Waals surface area contributed by atoms with Gasteiger partial charge in [0.15, 0.2) is 0 Å². The number of carbonyl (C=O) groups is 2. The molecule has 1 aromatic carbocycles. The fourth-order valence-corrected chi connectivity index (χ4v) is 1.02. The van der Waals surface area contributed by atoms with Gasteiger partial charge < -0.3 is 15.5 Å². The molecule has 0 saturated heterocycles. The number of rotatable bonds is 4. The Bertz CT molecular complexity index is 408. The lowest BCUT2D eigenvalue weighted by molar-refractivity contribution is -0.131. The summed E-state index contributed by atoms with van der Waals surface area (Å²) in [5.74, 6) is -1.69. The van der Waals surface area contributed by atoms with Crippen LogP contribution in [0, 0.1) is 0 Å². The summed E-state index contributed by atoms with van der Waals surface area (Å²) >= 11 is 0. The summed E-state index contributed by atoms with van der Waals surface area (Å²) in [6.45, 7) is -0.0624. The molecule has 0 spiro atoms. The van der Waals surface area contributed by atoms with Crippen LogP contribution in [0.2, 0.25) is 0 Å². The molecule has 0 heterocycles. The number of carboxylic acids is 1. The van der Waals surface area contributed by atoms with E-state index in [9.17, 15) is 9.59 Å². The van der Waals surface area contributed by atoms with Crippen LogP contribution in [0.25, 0.3) is 0 Å². The molecular formula is C11H11NO4. The second kappa shape index (κ2) is 5.67. The summed E-state index contributed by atoms with van der Waals surface area (Å²) < 4.78 is 0. The number of carbonyl (C=O) groups excluding carboxylic acids is 1. The fraction of sp³-hybridized carbons (Fsp3) is 0.0909. The molecule has 0 aliphatic rings. The van der Waals surface area contributed by atoms with E-state index in [2.05, 4.69) is 5.32 Å². The fourth-order valence-electron chi connectivity index (χ4n) is 1.02. The lowest BCUT2D eigenvalue weighted by Crippen LogP contribution is -2.08. The van der Waals surface area contributed by atoms with Crippen molar-refractivity contribution in [2.75, 3.05) is 5.32 Å². The number of amides is 1. The Morgan fingerprint density at radius 2 is 1.81 bits per heavy atom. The van der Waals surface area contributed by atoms with E-state index >= 15 is 0 Å². The van der Waals surface area contributed by atoms with Gasteiger partial charge in [-0.3, -0.25) is 4.79 Å². The van der Waals surface area contributed by atoms with Gasteiger partial charge in [-0.2, -0.15) is 0 Å². The molecule has 1 rings (SSSR count). The van der Waals surface area contributed by atoms with Crippen LogP contribution in [0.15, 0.2) is 36.4 Å². The highest BCUT2D eigenvalue weighted by Crippen LogP contribution is 2.09. The SMILES string of the molecule is O=C(O)C=CC(=O)Nc1ccc(CO)cc1. The van der Waals surface area contributed by atoms with Crippen LogP contribution in [0.3, 0.4) is 0 Å². The van der Waals surface area contributed by atoms with Gasteiger partial charge in [0.2, 0.25) is 5.91 Å². The van der Waals surface area contributed by atoms with Gasteiger partial charge >= 0.3 is 5.97 Å². The van der Waals surface area contributed by atoms with Crippen LogP contribution in [-0.2, 0) is 16.2 Å². The lowest BCUT2D eigenvalue weighted by atomic mass is 10.2. The monoisotopic (exact) mass is 221 g/mol. The first-order chi connectivity index (χ1) is 7.61. The third-order valence-electron chi connectivity index (χ3n) is 1.78. The highest BCUT2D eigenvalue weighted by Gasteiger charge is 1.98. The van der Waals surface area contributed by atoms with Gasteiger partial charge in [0.1, 0.15) is 0 Å². The number of aliphatic carboxylic acids is 1. The summed E-state index contributed by atoms with van der Waals surface area (Å²) in [6, 6.07) is 6.57. The Kier molecular flexibility index (Phi) is 4.23. The third kappa shape index (κ3) is 3.93. The smallest absolute Gasteiger partial charge is 0.328 e.